The molecule has 0 aromatic carbocycles. The van der Waals surface area contributed by atoms with Crippen LogP contribution in [-0.4, -0.2) is 39.6 Å². The lowest BCUT2D eigenvalue weighted by Crippen LogP contribution is -2.41. The number of hydrogen-bond donors (Lipinski definition) is 1. The predicted octanol–water partition coefficient (Wildman–Crippen LogP) is 2.93. The van der Waals surface area contributed by atoms with E-state index >= 15 is 4.39 Å². The Morgan fingerprint density at radius 2 is 2.12 bits per heavy atom. The monoisotopic (exact) mass is 367 g/mol. The van der Waals surface area contributed by atoms with Gasteiger partial charge in [0, 0.05) is 30.0 Å². The van der Waals surface area contributed by atoms with Crippen LogP contribution in [0.5, 0.6) is 0 Å². The minimum absolute atomic E-state index is 0.0292. The molecule has 3 rings (SSSR count). The Kier molecular flexibility index (Phi) is 4.44. The number of anilines is 2. The molecule has 1 amide bonds. The van der Waals surface area contributed by atoms with Gasteiger partial charge in [0.25, 0.3) is 5.91 Å². The quantitative estimate of drug-likeness (QED) is 0.903. The minimum Gasteiger partial charge on any atom is -0.350 e. The van der Waals surface area contributed by atoms with Crippen LogP contribution in [0.1, 0.15) is 32.9 Å². The number of halogens is 2. The number of carbonyl (C=O) groups is 1. The first-order chi connectivity index (χ1) is 11.7. The van der Waals surface area contributed by atoms with E-state index in [-0.39, 0.29) is 31.0 Å². The maximum Gasteiger partial charge on any atom is 0.265 e. The lowest BCUT2D eigenvalue weighted by molar-refractivity contribution is -0.126. The third kappa shape index (κ3) is 3.46. The van der Waals surface area contributed by atoms with Crippen LogP contribution in [0, 0.1) is 5.82 Å². The molecule has 2 aromatic rings. The Labute approximate surface area is 148 Å². The average Bonchev–Trinajstić information content (AvgIpc) is 3.17. The number of amides is 1. The van der Waals surface area contributed by atoms with Crippen LogP contribution in [-0.2, 0) is 10.2 Å². The van der Waals surface area contributed by atoms with Crippen molar-refractivity contribution in [2.75, 3.05) is 23.3 Å². The molecule has 9 heteroatoms. The molecule has 134 valence electrons. The van der Waals surface area contributed by atoms with Crippen molar-refractivity contribution in [3.63, 3.8) is 0 Å². The molecule has 0 bridgehead atoms. The fourth-order valence-corrected chi connectivity index (χ4v) is 3.26. The summed E-state index contributed by atoms with van der Waals surface area (Å²) in [5.74, 6) is -1.31. The van der Waals surface area contributed by atoms with Crippen molar-refractivity contribution < 1.29 is 13.6 Å². The Morgan fingerprint density at radius 1 is 1.36 bits per heavy atom. The molecule has 1 aliphatic heterocycles. The van der Waals surface area contributed by atoms with Crippen molar-refractivity contribution >= 4 is 28.2 Å². The van der Waals surface area contributed by atoms with Gasteiger partial charge in [-0.15, -0.1) is 11.3 Å². The fraction of sp³-hybridized carbons (Fsp3) is 0.500. The first-order valence-electron chi connectivity index (χ1n) is 7.86. The smallest absolute Gasteiger partial charge is 0.265 e. The van der Waals surface area contributed by atoms with Crippen LogP contribution >= 0.6 is 11.3 Å². The van der Waals surface area contributed by atoms with Crippen LogP contribution in [0.3, 0.4) is 0 Å². The Bertz CT molecular complexity index is 777. The molecule has 0 radical (unpaired) electrons. The first-order valence-corrected chi connectivity index (χ1v) is 8.74. The van der Waals surface area contributed by atoms with E-state index < -0.39 is 22.8 Å². The fourth-order valence-electron chi connectivity index (χ4n) is 2.74. The zero-order chi connectivity index (χ0) is 18.2. The molecule has 1 N–H and O–H groups in total. The molecule has 0 saturated carbocycles. The summed E-state index contributed by atoms with van der Waals surface area (Å²) in [7, 11) is 0. The van der Waals surface area contributed by atoms with E-state index in [4.69, 9.17) is 0 Å². The molecule has 0 aliphatic carbocycles. The molecule has 1 unspecified atom stereocenters. The van der Waals surface area contributed by atoms with Crippen LogP contribution in [0.4, 0.5) is 19.7 Å². The highest BCUT2D eigenvalue weighted by Crippen LogP contribution is 2.34. The number of rotatable bonds is 3. The topological polar surface area (TPSA) is 71.0 Å². The van der Waals surface area contributed by atoms with Crippen molar-refractivity contribution in [3.8, 4) is 0 Å². The lowest BCUT2D eigenvalue weighted by atomic mass is 9.91. The van der Waals surface area contributed by atoms with Gasteiger partial charge in [-0.1, -0.05) is 20.8 Å². The Morgan fingerprint density at radius 3 is 2.76 bits per heavy atom. The van der Waals surface area contributed by atoms with E-state index in [0.29, 0.717) is 5.13 Å². The van der Waals surface area contributed by atoms with Crippen molar-refractivity contribution in [2.45, 2.75) is 38.3 Å². The van der Waals surface area contributed by atoms with Gasteiger partial charge in [0.05, 0.1) is 12.2 Å². The molecule has 1 atom stereocenters. The molecule has 1 fully saturated rings. The Balaban J connectivity index is 1.80. The van der Waals surface area contributed by atoms with E-state index in [2.05, 4.69) is 20.3 Å². The van der Waals surface area contributed by atoms with Crippen LogP contribution in [0.25, 0.3) is 0 Å². The molecule has 3 heterocycles. The van der Waals surface area contributed by atoms with Crippen LogP contribution in [0.2, 0.25) is 0 Å². The minimum atomic E-state index is -2.12. The van der Waals surface area contributed by atoms with Crippen LogP contribution in [0.15, 0.2) is 17.9 Å². The van der Waals surface area contributed by atoms with Crippen molar-refractivity contribution in [2.24, 2.45) is 0 Å². The zero-order valence-corrected chi connectivity index (χ0v) is 15.0. The summed E-state index contributed by atoms with van der Waals surface area (Å²) in [6.07, 6.45) is 2.75. The highest BCUT2D eigenvalue weighted by molar-refractivity contribution is 7.13. The van der Waals surface area contributed by atoms with Gasteiger partial charge in [-0.3, -0.25) is 10.1 Å². The third-order valence-electron chi connectivity index (χ3n) is 4.06. The second-order valence-electron chi connectivity index (χ2n) is 7.04. The maximum atomic E-state index is 15.1. The predicted molar refractivity (Wildman–Crippen MR) is 92.1 cm³/mol. The molecular weight excluding hydrogens is 348 g/mol. The average molecular weight is 367 g/mol. The second kappa shape index (κ2) is 6.29. The number of nitrogens with zero attached hydrogens (tertiary/aromatic N) is 4. The number of aromatic nitrogens is 3. The maximum absolute atomic E-state index is 15.1. The zero-order valence-electron chi connectivity index (χ0n) is 14.2. The lowest BCUT2D eigenvalue weighted by Gasteiger charge is -2.24. The van der Waals surface area contributed by atoms with Gasteiger partial charge < -0.3 is 4.90 Å². The number of thiazole rings is 1. The SMILES string of the molecule is CC(C)(C)c1ncnc(N2CCC(F)(C(=O)Nc3nccs3)C2)c1F. The summed E-state index contributed by atoms with van der Waals surface area (Å²) in [4.78, 5) is 25.6. The van der Waals surface area contributed by atoms with E-state index in [0.717, 1.165) is 0 Å². The van der Waals surface area contributed by atoms with E-state index in [1.54, 1.807) is 5.38 Å². The molecule has 0 spiro atoms. The number of hydrogen-bond acceptors (Lipinski definition) is 6. The molecule has 2 aromatic heterocycles. The number of nitrogens with one attached hydrogen (secondary N) is 1. The van der Waals surface area contributed by atoms with E-state index in [9.17, 15) is 9.18 Å². The summed E-state index contributed by atoms with van der Waals surface area (Å²) in [5.41, 5.74) is -2.36. The van der Waals surface area contributed by atoms with Crippen molar-refractivity contribution in [1.29, 1.82) is 0 Å². The van der Waals surface area contributed by atoms with E-state index in [1.807, 2.05) is 20.8 Å². The summed E-state index contributed by atoms with van der Waals surface area (Å²) in [5, 5.41) is 4.49. The summed E-state index contributed by atoms with van der Waals surface area (Å²) in [6, 6.07) is 0. The normalized spacial score (nSPS) is 20.8. The summed E-state index contributed by atoms with van der Waals surface area (Å²) in [6.45, 7) is 5.45. The van der Waals surface area contributed by atoms with Gasteiger partial charge in [-0.25, -0.2) is 23.7 Å². The number of alkyl halides is 1. The highest BCUT2D eigenvalue weighted by Gasteiger charge is 2.46. The van der Waals surface area contributed by atoms with Gasteiger partial charge >= 0.3 is 0 Å². The van der Waals surface area contributed by atoms with Crippen LogP contribution < -0.4 is 10.2 Å². The van der Waals surface area contributed by atoms with E-state index in [1.165, 1.54) is 28.8 Å². The van der Waals surface area contributed by atoms with Gasteiger partial charge in [-0.05, 0) is 0 Å². The molecule has 1 saturated heterocycles. The standard InChI is InChI=1S/C16H19F2N5OS/c1-15(2,3)11-10(17)12(21-9-20-11)23-6-4-16(18,8-23)13(24)22-14-19-5-7-25-14/h5,7,9H,4,6,8H2,1-3H3,(H,19,22,24). The Hall–Kier alpha value is -2.16. The molecule has 6 nitrogen and oxygen atoms in total. The van der Waals surface area contributed by atoms with Gasteiger partial charge in [-0.2, -0.15) is 0 Å². The highest BCUT2D eigenvalue weighted by atomic mass is 32.1. The van der Waals surface area contributed by atoms with Crippen molar-refractivity contribution in [3.05, 3.63) is 29.4 Å². The molecule has 25 heavy (non-hydrogen) atoms. The summed E-state index contributed by atoms with van der Waals surface area (Å²) < 4.78 is 29.8. The number of carbonyl (C=O) groups excluding carboxylic acids is 1. The van der Waals surface area contributed by atoms with Gasteiger partial charge in [0.1, 0.15) is 6.33 Å². The molecule has 1 aliphatic rings. The largest absolute Gasteiger partial charge is 0.350 e. The van der Waals surface area contributed by atoms with Gasteiger partial charge in [0.2, 0.25) is 5.67 Å². The summed E-state index contributed by atoms with van der Waals surface area (Å²) >= 11 is 1.21. The third-order valence-corrected chi connectivity index (χ3v) is 4.75. The first kappa shape index (κ1) is 17.7. The molecular formula is C16H19F2N5OS. The second-order valence-corrected chi connectivity index (χ2v) is 7.93. The van der Waals surface area contributed by atoms with Gasteiger partial charge in [0.15, 0.2) is 16.8 Å². The van der Waals surface area contributed by atoms with Crippen molar-refractivity contribution in [1.82, 2.24) is 15.0 Å².